The van der Waals surface area contributed by atoms with E-state index < -0.39 is 70.8 Å². The molecule has 0 saturated carbocycles. The molecule has 0 bridgehead atoms. The lowest BCUT2D eigenvalue weighted by atomic mass is 9.88. The number of ether oxygens (including phenoxy) is 3. The van der Waals surface area contributed by atoms with E-state index in [1.165, 1.54) is 0 Å². The molecule has 0 heterocycles. The van der Waals surface area contributed by atoms with Gasteiger partial charge in [-0.1, -0.05) is 60.7 Å². The zero-order chi connectivity index (χ0) is 41.9. The monoisotopic (exact) mass is 772 g/mol. The lowest BCUT2D eigenvalue weighted by Gasteiger charge is -2.47. The second-order valence-electron chi connectivity index (χ2n) is 17.4. The van der Waals surface area contributed by atoms with Crippen molar-refractivity contribution < 1.29 is 53.8 Å². The smallest absolute Gasteiger partial charge is 0.411 e. The van der Waals surface area contributed by atoms with Crippen molar-refractivity contribution in [3.8, 4) is 0 Å². The van der Waals surface area contributed by atoms with Gasteiger partial charge in [-0.25, -0.2) is 19.2 Å². The Labute approximate surface area is 326 Å². The van der Waals surface area contributed by atoms with Crippen LogP contribution in [-0.2, 0) is 36.6 Å². The molecular formula is C42H64N2O11. The number of carbonyl (C=O) groups is 4. The first-order valence-corrected chi connectivity index (χ1v) is 18.8. The number of carboxylic acid groups (broad SMARTS) is 2. The van der Waals surface area contributed by atoms with E-state index in [9.17, 15) is 39.6 Å². The molecule has 0 radical (unpaired) electrons. The van der Waals surface area contributed by atoms with Crippen molar-refractivity contribution in [3.05, 3.63) is 71.8 Å². The molecule has 308 valence electrons. The predicted molar refractivity (Wildman–Crippen MR) is 209 cm³/mol. The Morgan fingerprint density at radius 2 is 0.855 bits per heavy atom. The molecule has 2 aromatic carbocycles. The Kier molecular flexibility index (Phi) is 16.3. The molecule has 0 saturated heterocycles. The molecular weight excluding hydrogens is 708 g/mol. The van der Waals surface area contributed by atoms with E-state index in [-0.39, 0.29) is 25.9 Å². The highest BCUT2D eigenvalue weighted by molar-refractivity contribution is 5.85. The van der Waals surface area contributed by atoms with Crippen molar-refractivity contribution in [2.75, 3.05) is 26.3 Å². The molecule has 13 heteroatoms. The van der Waals surface area contributed by atoms with Crippen LogP contribution in [0, 0.1) is 0 Å². The standard InChI is InChI=1S/C42H64N2O11/c1-37(2,3)53-35(51)43(41(29-45,33(47)48)25-17-23-31-19-13-11-14-20-31)27-39(7,8)55-40(9,10)28-44(36(52)54-38(4,5)6)42(30-46,34(49)50)26-18-24-32-21-15-12-16-22-32/h11-16,19-22,45-46H,17-18,23-30H2,1-10H3,(H,47,48)(H,49,50)/t41-,42-/m1/s1. The molecule has 0 spiro atoms. The number of nitrogens with zero attached hydrogens (tertiary/aromatic N) is 2. The van der Waals surface area contributed by atoms with Crippen LogP contribution < -0.4 is 0 Å². The quantitative estimate of drug-likeness (QED) is 0.112. The van der Waals surface area contributed by atoms with Crippen LogP contribution >= 0.6 is 0 Å². The highest BCUT2D eigenvalue weighted by Gasteiger charge is 2.52. The Morgan fingerprint density at radius 1 is 0.545 bits per heavy atom. The minimum Gasteiger partial charge on any atom is -0.479 e. The number of rotatable bonds is 20. The summed E-state index contributed by atoms with van der Waals surface area (Å²) in [7, 11) is 0. The highest BCUT2D eigenvalue weighted by atomic mass is 16.6. The summed E-state index contributed by atoms with van der Waals surface area (Å²) in [5.41, 5.74) is -7.06. The molecule has 0 aliphatic rings. The second-order valence-corrected chi connectivity index (χ2v) is 17.4. The van der Waals surface area contributed by atoms with Crippen LogP contribution in [0.2, 0.25) is 0 Å². The number of amides is 2. The zero-order valence-corrected chi connectivity index (χ0v) is 34.4. The minimum absolute atomic E-state index is 0.112. The summed E-state index contributed by atoms with van der Waals surface area (Å²) in [5.74, 6) is -2.85. The van der Waals surface area contributed by atoms with Crippen LogP contribution in [0.1, 0.15) is 106 Å². The first kappa shape index (κ1) is 47.0. The van der Waals surface area contributed by atoms with Gasteiger partial charge in [0.05, 0.1) is 37.5 Å². The molecule has 0 aliphatic heterocycles. The number of hydrogen-bond donors (Lipinski definition) is 4. The number of aliphatic hydroxyl groups is 2. The molecule has 0 unspecified atom stereocenters. The average molecular weight is 773 g/mol. The second kappa shape index (κ2) is 19.1. The fourth-order valence-corrected chi connectivity index (χ4v) is 6.63. The lowest BCUT2D eigenvalue weighted by molar-refractivity contribution is -0.175. The van der Waals surface area contributed by atoms with Crippen molar-refractivity contribution in [3.63, 3.8) is 0 Å². The molecule has 0 aliphatic carbocycles. The summed E-state index contributed by atoms with van der Waals surface area (Å²) >= 11 is 0. The Hall–Kier alpha value is -4.20. The summed E-state index contributed by atoms with van der Waals surface area (Å²) < 4.78 is 18.0. The van der Waals surface area contributed by atoms with E-state index in [4.69, 9.17) is 14.2 Å². The number of carbonyl (C=O) groups excluding carboxylic acids is 2. The van der Waals surface area contributed by atoms with Crippen LogP contribution in [0.25, 0.3) is 0 Å². The van der Waals surface area contributed by atoms with E-state index >= 15 is 0 Å². The number of carboxylic acids is 2. The third-order valence-electron chi connectivity index (χ3n) is 9.01. The summed E-state index contributed by atoms with van der Waals surface area (Å²) in [4.78, 5) is 56.0. The van der Waals surface area contributed by atoms with Crippen molar-refractivity contribution in [1.29, 1.82) is 0 Å². The molecule has 2 aromatic rings. The largest absolute Gasteiger partial charge is 0.479 e. The van der Waals surface area contributed by atoms with E-state index in [1.54, 1.807) is 69.2 Å². The third kappa shape index (κ3) is 14.1. The maximum atomic E-state index is 13.9. The van der Waals surface area contributed by atoms with Crippen molar-refractivity contribution in [2.24, 2.45) is 0 Å². The van der Waals surface area contributed by atoms with Gasteiger partial charge < -0.3 is 34.6 Å². The van der Waals surface area contributed by atoms with Crippen LogP contribution in [0.15, 0.2) is 60.7 Å². The van der Waals surface area contributed by atoms with Gasteiger partial charge in [-0.05, 0) is 119 Å². The van der Waals surface area contributed by atoms with Gasteiger partial charge in [0, 0.05) is 0 Å². The maximum Gasteiger partial charge on any atom is 0.411 e. The zero-order valence-electron chi connectivity index (χ0n) is 34.4. The Balaban J connectivity index is 2.53. The number of aryl methyl sites for hydroxylation is 2. The number of benzene rings is 2. The van der Waals surface area contributed by atoms with Crippen LogP contribution in [0.4, 0.5) is 9.59 Å². The van der Waals surface area contributed by atoms with Crippen LogP contribution in [-0.4, -0.2) is 114 Å². The Bertz CT molecular complexity index is 1440. The van der Waals surface area contributed by atoms with Crippen molar-refractivity contribution >= 4 is 24.1 Å². The number of aliphatic hydroxyl groups excluding tert-OH is 2. The van der Waals surface area contributed by atoms with E-state index in [0.717, 1.165) is 20.9 Å². The normalized spacial score (nSPS) is 14.6. The Morgan fingerprint density at radius 3 is 1.11 bits per heavy atom. The van der Waals surface area contributed by atoms with Gasteiger partial charge >= 0.3 is 24.1 Å². The number of hydrogen-bond acceptors (Lipinski definition) is 9. The van der Waals surface area contributed by atoms with Crippen LogP contribution in [0.3, 0.4) is 0 Å². The van der Waals surface area contributed by atoms with E-state index in [1.807, 2.05) is 60.7 Å². The predicted octanol–water partition coefficient (Wildman–Crippen LogP) is 6.71. The summed E-state index contributed by atoms with van der Waals surface area (Å²) in [6, 6.07) is 18.9. The van der Waals surface area contributed by atoms with Gasteiger partial charge in [-0.15, -0.1) is 0 Å². The number of aliphatic carboxylic acids is 2. The molecule has 0 fully saturated rings. The molecule has 0 aromatic heterocycles. The lowest BCUT2D eigenvalue weighted by Crippen LogP contribution is -2.65. The highest BCUT2D eigenvalue weighted by Crippen LogP contribution is 2.34. The molecule has 4 N–H and O–H groups in total. The molecule has 2 amide bonds. The van der Waals surface area contributed by atoms with Crippen molar-refractivity contribution in [2.45, 2.75) is 141 Å². The fraction of sp³-hybridized carbons (Fsp3) is 0.619. The molecule has 2 atom stereocenters. The van der Waals surface area contributed by atoms with Gasteiger partial charge in [-0.3, -0.25) is 9.80 Å². The van der Waals surface area contributed by atoms with E-state index in [0.29, 0.717) is 25.7 Å². The fourth-order valence-electron chi connectivity index (χ4n) is 6.63. The van der Waals surface area contributed by atoms with Crippen LogP contribution in [0.5, 0.6) is 0 Å². The summed E-state index contributed by atoms with van der Waals surface area (Å²) in [5, 5.41) is 42.9. The molecule has 55 heavy (non-hydrogen) atoms. The summed E-state index contributed by atoms with van der Waals surface area (Å²) in [6.07, 6.45) is -0.555. The topological polar surface area (TPSA) is 183 Å². The first-order chi connectivity index (χ1) is 25.3. The molecule has 13 nitrogen and oxygen atoms in total. The maximum absolute atomic E-state index is 13.9. The van der Waals surface area contributed by atoms with Gasteiger partial charge in [0.1, 0.15) is 11.2 Å². The van der Waals surface area contributed by atoms with Gasteiger partial charge in [0.25, 0.3) is 0 Å². The molecule has 2 rings (SSSR count). The van der Waals surface area contributed by atoms with Gasteiger partial charge in [-0.2, -0.15) is 0 Å². The minimum atomic E-state index is -2.10. The first-order valence-electron chi connectivity index (χ1n) is 18.8. The van der Waals surface area contributed by atoms with Gasteiger partial charge in [0.15, 0.2) is 11.1 Å². The SMILES string of the molecule is CC(C)(C)OC(=O)N(CC(C)(C)OC(C)(C)CN(C(=O)OC(C)(C)C)[C@@](CO)(CCCc1ccccc1)C(=O)O)[C@@](CO)(CCCc1ccccc1)C(=O)O. The average Bonchev–Trinajstić information content (AvgIpc) is 3.05. The summed E-state index contributed by atoms with van der Waals surface area (Å²) in [6.45, 7) is 13.8. The van der Waals surface area contributed by atoms with E-state index in [2.05, 4.69) is 0 Å². The van der Waals surface area contributed by atoms with Crippen molar-refractivity contribution in [1.82, 2.24) is 9.80 Å². The third-order valence-corrected chi connectivity index (χ3v) is 9.01. The van der Waals surface area contributed by atoms with Gasteiger partial charge in [0.2, 0.25) is 0 Å².